The highest BCUT2D eigenvalue weighted by atomic mass is 35.5. The summed E-state index contributed by atoms with van der Waals surface area (Å²) in [6, 6.07) is 5.62. The molecule has 0 amide bonds. The van der Waals surface area contributed by atoms with Crippen molar-refractivity contribution in [2.24, 2.45) is 0 Å². The van der Waals surface area contributed by atoms with Crippen LogP contribution in [0.1, 0.15) is 18.4 Å². The van der Waals surface area contributed by atoms with E-state index in [0.717, 1.165) is 6.07 Å². The standard InChI is InChI=1S/C12H7ClF3NO2/c13-9-3-7(11(6-17)4-8(18)5-11)1-2-10(9)19-12(14,15)16/h1-3H,4-5H2. The van der Waals surface area contributed by atoms with E-state index in [-0.39, 0.29) is 23.6 Å². The fraction of sp³-hybridized carbons (Fsp3) is 0.333. The monoisotopic (exact) mass is 289 g/mol. The van der Waals surface area contributed by atoms with E-state index in [2.05, 4.69) is 4.74 Å². The van der Waals surface area contributed by atoms with E-state index in [1.165, 1.54) is 12.1 Å². The van der Waals surface area contributed by atoms with Crippen molar-refractivity contribution >= 4 is 17.4 Å². The fourth-order valence-corrected chi connectivity index (χ4v) is 2.19. The number of ketones is 1. The zero-order chi connectivity index (χ0) is 14.3. The summed E-state index contributed by atoms with van der Waals surface area (Å²) < 4.78 is 39.9. The molecule has 1 aliphatic rings. The van der Waals surface area contributed by atoms with Crippen LogP contribution in [0.2, 0.25) is 5.02 Å². The molecule has 0 saturated heterocycles. The normalized spacial score (nSPS) is 17.5. The molecule has 2 rings (SSSR count). The highest BCUT2D eigenvalue weighted by Crippen LogP contribution is 2.43. The molecule has 7 heteroatoms. The molecule has 1 fully saturated rings. The third-order valence-electron chi connectivity index (χ3n) is 2.92. The first-order chi connectivity index (χ1) is 8.76. The first kappa shape index (κ1) is 13.7. The highest BCUT2D eigenvalue weighted by molar-refractivity contribution is 6.32. The molecular weight excluding hydrogens is 283 g/mol. The van der Waals surface area contributed by atoms with Crippen molar-refractivity contribution < 1.29 is 22.7 Å². The predicted molar refractivity (Wildman–Crippen MR) is 59.7 cm³/mol. The molecule has 1 aliphatic carbocycles. The lowest BCUT2D eigenvalue weighted by Gasteiger charge is -2.34. The van der Waals surface area contributed by atoms with Gasteiger partial charge in [-0.3, -0.25) is 4.79 Å². The van der Waals surface area contributed by atoms with E-state index in [9.17, 15) is 18.0 Å². The Hall–Kier alpha value is -1.74. The van der Waals surface area contributed by atoms with Crippen LogP contribution in [-0.4, -0.2) is 12.1 Å². The first-order valence-corrected chi connectivity index (χ1v) is 5.62. The van der Waals surface area contributed by atoms with E-state index in [4.69, 9.17) is 16.9 Å². The second-order valence-corrected chi connectivity index (χ2v) is 4.69. The fourth-order valence-electron chi connectivity index (χ4n) is 1.98. The molecule has 0 radical (unpaired) electrons. The number of nitriles is 1. The Balaban J connectivity index is 2.30. The van der Waals surface area contributed by atoms with E-state index in [1.807, 2.05) is 6.07 Å². The Morgan fingerprint density at radius 1 is 1.37 bits per heavy atom. The quantitative estimate of drug-likeness (QED) is 0.839. The predicted octanol–water partition coefficient (Wildman–Crippen LogP) is 3.36. The van der Waals surface area contributed by atoms with Gasteiger partial charge in [0, 0.05) is 12.8 Å². The maximum atomic E-state index is 12.1. The molecule has 1 aromatic carbocycles. The SMILES string of the molecule is N#CC1(c2ccc(OC(F)(F)F)c(Cl)c2)CC(=O)C1. The number of benzene rings is 1. The summed E-state index contributed by atoms with van der Waals surface area (Å²) in [4.78, 5) is 11.0. The van der Waals surface area contributed by atoms with Crippen LogP contribution in [0.15, 0.2) is 18.2 Å². The number of nitrogens with zero attached hydrogens (tertiary/aromatic N) is 1. The second kappa shape index (κ2) is 4.42. The molecule has 0 aromatic heterocycles. The number of alkyl halides is 3. The van der Waals surface area contributed by atoms with Crippen molar-refractivity contribution in [1.82, 2.24) is 0 Å². The number of carbonyl (C=O) groups excluding carboxylic acids is 1. The molecule has 19 heavy (non-hydrogen) atoms. The number of Topliss-reactive ketones (excluding diaryl/α,β-unsaturated/α-hetero) is 1. The van der Waals surface area contributed by atoms with Crippen molar-refractivity contribution in [1.29, 1.82) is 5.26 Å². The molecule has 1 aromatic rings. The van der Waals surface area contributed by atoms with Gasteiger partial charge in [0.15, 0.2) is 0 Å². The number of halogens is 4. The van der Waals surface area contributed by atoms with Crippen LogP contribution in [0.25, 0.3) is 0 Å². The number of hydrogen-bond donors (Lipinski definition) is 0. The zero-order valence-corrected chi connectivity index (χ0v) is 10.2. The molecule has 0 N–H and O–H groups in total. The Bertz CT molecular complexity index is 569. The van der Waals surface area contributed by atoms with Gasteiger partial charge in [-0.1, -0.05) is 17.7 Å². The Morgan fingerprint density at radius 3 is 2.42 bits per heavy atom. The van der Waals surface area contributed by atoms with Crippen LogP contribution in [-0.2, 0) is 10.2 Å². The molecule has 1 saturated carbocycles. The van der Waals surface area contributed by atoms with E-state index >= 15 is 0 Å². The molecular formula is C12H7ClF3NO2. The van der Waals surface area contributed by atoms with Gasteiger partial charge in [0.25, 0.3) is 0 Å². The van der Waals surface area contributed by atoms with E-state index in [0.29, 0.717) is 5.56 Å². The lowest BCUT2D eigenvalue weighted by Crippen LogP contribution is -2.40. The summed E-state index contributed by atoms with van der Waals surface area (Å²) in [7, 11) is 0. The van der Waals surface area contributed by atoms with Gasteiger partial charge in [-0.25, -0.2) is 0 Å². The molecule has 0 unspecified atom stereocenters. The topological polar surface area (TPSA) is 50.1 Å². The van der Waals surface area contributed by atoms with Crippen molar-refractivity contribution in [2.45, 2.75) is 24.6 Å². The average Bonchev–Trinajstić information content (AvgIpc) is 2.26. The summed E-state index contributed by atoms with van der Waals surface area (Å²) in [6.07, 6.45) is -4.72. The number of hydrogen-bond acceptors (Lipinski definition) is 3. The smallest absolute Gasteiger partial charge is 0.404 e. The Labute approximate surface area is 111 Å². The number of ether oxygens (including phenoxy) is 1. The highest BCUT2D eigenvalue weighted by Gasteiger charge is 2.45. The maximum absolute atomic E-state index is 12.1. The number of carbonyl (C=O) groups is 1. The van der Waals surface area contributed by atoms with Gasteiger partial charge in [0.1, 0.15) is 11.5 Å². The second-order valence-electron chi connectivity index (χ2n) is 4.28. The van der Waals surface area contributed by atoms with Gasteiger partial charge in [0.2, 0.25) is 0 Å². The molecule has 0 aliphatic heterocycles. The van der Waals surface area contributed by atoms with Gasteiger partial charge in [-0.15, -0.1) is 13.2 Å². The average molecular weight is 290 g/mol. The van der Waals surface area contributed by atoms with Crippen molar-refractivity contribution in [2.75, 3.05) is 0 Å². The summed E-state index contributed by atoms with van der Waals surface area (Å²) in [5, 5.41) is 8.85. The minimum Gasteiger partial charge on any atom is -0.404 e. The van der Waals surface area contributed by atoms with Crippen LogP contribution in [0.3, 0.4) is 0 Å². The van der Waals surface area contributed by atoms with E-state index < -0.39 is 17.5 Å². The van der Waals surface area contributed by atoms with Crippen LogP contribution >= 0.6 is 11.6 Å². The zero-order valence-electron chi connectivity index (χ0n) is 9.42. The Kier molecular flexibility index (Phi) is 3.19. The van der Waals surface area contributed by atoms with Gasteiger partial charge >= 0.3 is 6.36 Å². The first-order valence-electron chi connectivity index (χ1n) is 5.24. The van der Waals surface area contributed by atoms with Crippen molar-refractivity contribution in [3.05, 3.63) is 28.8 Å². The maximum Gasteiger partial charge on any atom is 0.573 e. The number of rotatable bonds is 2. The Morgan fingerprint density at radius 2 is 2.00 bits per heavy atom. The van der Waals surface area contributed by atoms with Crippen molar-refractivity contribution in [3.63, 3.8) is 0 Å². The third kappa shape index (κ3) is 2.66. The third-order valence-corrected chi connectivity index (χ3v) is 3.22. The van der Waals surface area contributed by atoms with Crippen LogP contribution in [0, 0.1) is 11.3 Å². The van der Waals surface area contributed by atoms with Crippen LogP contribution in [0.4, 0.5) is 13.2 Å². The van der Waals surface area contributed by atoms with Crippen LogP contribution in [0.5, 0.6) is 5.75 Å². The van der Waals surface area contributed by atoms with Gasteiger partial charge in [-0.05, 0) is 17.7 Å². The molecule has 100 valence electrons. The lowest BCUT2D eigenvalue weighted by atomic mass is 9.65. The largest absolute Gasteiger partial charge is 0.573 e. The molecule has 3 nitrogen and oxygen atoms in total. The van der Waals surface area contributed by atoms with Gasteiger partial charge in [0.05, 0.1) is 16.5 Å². The minimum absolute atomic E-state index is 0.0549. The summed E-state index contributed by atoms with van der Waals surface area (Å²) in [5.41, 5.74) is -0.550. The van der Waals surface area contributed by atoms with Crippen LogP contribution < -0.4 is 4.74 Å². The lowest BCUT2D eigenvalue weighted by molar-refractivity contribution is -0.274. The molecule has 0 bridgehead atoms. The summed E-state index contributed by atoms with van der Waals surface area (Å²) in [6.45, 7) is 0. The van der Waals surface area contributed by atoms with Gasteiger partial charge < -0.3 is 4.74 Å². The molecule has 0 atom stereocenters. The van der Waals surface area contributed by atoms with E-state index in [1.54, 1.807) is 0 Å². The van der Waals surface area contributed by atoms with Crippen molar-refractivity contribution in [3.8, 4) is 11.8 Å². The summed E-state index contributed by atoms with van der Waals surface area (Å²) in [5.74, 6) is -0.593. The van der Waals surface area contributed by atoms with Gasteiger partial charge in [-0.2, -0.15) is 5.26 Å². The molecule has 0 heterocycles. The summed E-state index contributed by atoms with van der Waals surface area (Å²) >= 11 is 5.70. The molecule has 0 spiro atoms. The minimum atomic E-state index is -4.83.